The highest BCUT2D eigenvalue weighted by Gasteiger charge is 2.26. The predicted molar refractivity (Wildman–Crippen MR) is 144 cm³/mol. The third kappa shape index (κ3) is 9.63. The number of rotatable bonds is 14. The highest BCUT2D eigenvalue weighted by molar-refractivity contribution is 7.89. The van der Waals surface area contributed by atoms with E-state index in [1.54, 1.807) is 39.0 Å². The van der Waals surface area contributed by atoms with E-state index in [1.807, 2.05) is 19.1 Å². The summed E-state index contributed by atoms with van der Waals surface area (Å²) in [5, 5.41) is 5.35. The Labute approximate surface area is 230 Å². The average molecular weight is 567 g/mol. The van der Waals surface area contributed by atoms with Crippen molar-refractivity contribution in [3.8, 4) is 17.2 Å². The van der Waals surface area contributed by atoms with Gasteiger partial charge in [0.1, 0.15) is 17.3 Å². The molecule has 0 aliphatic rings. The van der Waals surface area contributed by atoms with Gasteiger partial charge in [-0.05, 0) is 50.1 Å². The first-order chi connectivity index (χ1) is 18.4. The molecular weight excluding hydrogens is 528 g/mol. The first-order valence-corrected chi connectivity index (χ1v) is 14.1. The summed E-state index contributed by atoms with van der Waals surface area (Å²) in [7, 11) is -2.69. The molecule has 0 saturated carbocycles. The fourth-order valence-corrected chi connectivity index (χ4v) is 4.39. The van der Waals surface area contributed by atoms with Crippen LogP contribution in [0, 0.1) is 5.92 Å². The zero-order valence-corrected chi connectivity index (χ0v) is 24.0. The van der Waals surface area contributed by atoms with E-state index in [0.717, 1.165) is 0 Å². The van der Waals surface area contributed by atoms with Gasteiger partial charge in [0.2, 0.25) is 16.3 Å². The topological polar surface area (TPSA) is 144 Å². The molecule has 2 rings (SSSR count). The summed E-state index contributed by atoms with van der Waals surface area (Å²) in [4.78, 5) is 26.4. The third-order valence-electron chi connectivity index (χ3n) is 5.59. The lowest BCUT2D eigenvalue weighted by Gasteiger charge is -2.30. The summed E-state index contributed by atoms with van der Waals surface area (Å²) in [5.74, 6) is 0.326. The molecule has 0 aromatic heterocycles. The summed E-state index contributed by atoms with van der Waals surface area (Å²) in [6.45, 7) is 9.13. The number of amides is 1. The van der Waals surface area contributed by atoms with Gasteiger partial charge in [-0.2, -0.15) is 0 Å². The molecule has 39 heavy (non-hydrogen) atoms. The summed E-state index contributed by atoms with van der Waals surface area (Å²) in [5.41, 5.74) is 0.604. The Hall–Kier alpha value is -3.51. The predicted octanol–water partition coefficient (Wildman–Crippen LogP) is 3.74. The van der Waals surface area contributed by atoms with Crippen molar-refractivity contribution < 1.29 is 41.7 Å². The van der Waals surface area contributed by atoms with Crippen LogP contribution in [0.2, 0.25) is 0 Å². The largest absolute Gasteiger partial charge is 0.495 e. The number of carbonyl (C=O) groups excluding carboxylic acids is 2. The number of hydrogen-bond donors (Lipinski definition) is 1. The molecule has 216 valence electrons. The third-order valence-corrected chi connectivity index (χ3v) is 6.52. The van der Waals surface area contributed by atoms with Crippen LogP contribution in [0.15, 0.2) is 47.4 Å². The molecular formula is C27H38N2O9S. The van der Waals surface area contributed by atoms with Crippen molar-refractivity contribution in [3.63, 3.8) is 0 Å². The van der Waals surface area contributed by atoms with Gasteiger partial charge in [0, 0.05) is 13.0 Å². The number of carbonyl (C=O) groups is 2. The van der Waals surface area contributed by atoms with Crippen LogP contribution in [0.25, 0.3) is 0 Å². The number of hydrogen-bond acceptors (Lipinski definition) is 9. The summed E-state index contributed by atoms with van der Waals surface area (Å²) in [6.07, 6.45) is -1.58. The van der Waals surface area contributed by atoms with Crippen LogP contribution < -0.4 is 19.3 Å². The Bertz CT molecular complexity index is 1220. The van der Waals surface area contributed by atoms with E-state index in [-0.39, 0.29) is 36.1 Å². The molecule has 0 spiro atoms. The summed E-state index contributed by atoms with van der Waals surface area (Å²) in [6, 6.07) is 11.3. The maximum atomic E-state index is 13.2. The van der Waals surface area contributed by atoms with Crippen LogP contribution in [-0.2, 0) is 30.7 Å². The first-order valence-electron chi connectivity index (χ1n) is 12.6. The lowest BCUT2D eigenvalue weighted by Crippen LogP contribution is -2.44. The van der Waals surface area contributed by atoms with Gasteiger partial charge in [0.25, 0.3) is 0 Å². The van der Waals surface area contributed by atoms with E-state index in [4.69, 9.17) is 28.8 Å². The van der Waals surface area contributed by atoms with Crippen molar-refractivity contribution >= 4 is 22.1 Å². The number of primary sulfonamides is 1. The molecule has 11 nitrogen and oxygen atoms in total. The van der Waals surface area contributed by atoms with Crippen LogP contribution >= 0.6 is 0 Å². The molecule has 2 aromatic carbocycles. The van der Waals surface area contributed by atoms with Gasteiger partial charge < -0.3 is 28.6 Å². The van der Waals surface area contributed by atoms with Gasteiger partial charge in [0.15, 0.2) is 11.5 Å². The van der Waals surface area contributed by atoms with E-state index in [9.17, 15) is 18.0 Å². The molecule has 2 aromatic rings. The van der Waals surface area contributed by atoms with E-state index < -0.39 is 34.4 Å². The molecule has 0 heterocycles. The van der Waals surface area contributed by atoms with E-state index >= 15 is 0 Å². The summed E-state index contributed by atoms with van der Waals surface area (Å²) >= 11 is 0. The minimum atomic E-state index is -4.04. The Morgan fingerprint density at radius 1 is 0.949 bits per heavy atom. The number of esters is 1. The minimum absolute atomic E-state index is 0.106. The highest BCUT2D eigenvalue weighted by Crippen LogP contribution is 2.27. The Morgan fingerprint density at radius 3 is 2.15 bits per heavy atom. The molecule has 12 heteroatoms. The van der Waals surface area contributed by atoms with Gasteiger partial charge in [-0.25, -0.2) is 18.4 Å². The molecule has 0 fully saturated rings. The number of sulfonamides is 1. The zero-order valence-electron chi connectivity index (χ0n) is 23.2. The lowest BCUT2D eigenvalue weighted by molar-refractivity contribution is -0.170. The van der Waals surface area contributed by atoms with Crippen molar-refractivity contribution in [2.24, 2.45) is 11.1 Å². The lowest BCUT2D eigenvalue weighted by atomic mass is 10.1. The van der Waals surface area contributed by atoms with Crippen molar-refractivity contribution in [2.75, 3.05) is 26.9 Å². The van der Waals surface area contributed by atoms with Crippen molar-refractivity contribution in [1.29, 1.82) is 0 Å². The quantitative estimate of drug-likeness (QED) is 0.267. The highest BCUT2D eigenvalue weighted by atomic mass is 32.2. The van der Waals surface area contributed by atoms with Gasteiger partial charge in [-0.15, -0.1) is 0 Å². The van der Waals surface area contributed by atoms with Gasteiger partial charge in [0.05, 0.1) is 26.2 Å². The van der Waals surface area contributed by atoms with Gasteiger partial charge in [-0.1, -0.05) is 32.0 Å². The van der Waals surface area contributed by atoms with Crippen molar-refractivity contribution in [1.82, 2.24) is 4.90 Å². The van der Waals surface area contributed by atoms with Crippen LogP contribution in [0.3, 0.4) is 0 Å². The van der Waals surface area contributed by atoms with Crippen LogP contribution in [0.4, 0.5) is 4.79 Å². The molecule has 0 aliphatic carbocycles. The Kier molecular flexibility index (Phi) is 11.9. The number of para-hydroxylation sites is 2. The molecule has 0 bridgehead atoms. The Balaban J connectivity index is 2.23. The van der Waals surface area contributed by atoms with Crippen molar-refractivity contribution in [3.05, 3.63) is 48.0 Å². The fraction of sp³-hybridized carbons (Fsp3) is 0.481. The number of methoxy groups -OCH3 is 1. The van der Waals surface area contributed by atoms with Crippen LogP contribution in [-0.4, -0.2) is 64.6 Å². The second-order valence-electron chi connectivity index (χ2n) is 9.05. The van der Waals surface area contributed by atoms with Gasteiger partial charge in [-0.3, -0.25) is 4.79 Å². The second kappa shape index (κ2) is 14.6. The fourth-order valence-electron chi connectivity index (χ4n) is 3.64. The van der Waals surface area contributed by atoms with Crippen molar-refractivity contribution in [2.45, 2.75) is 58.3 Å². The smallest absolute Gasteiger partial charge is 0.413 e. The molecule has 1 unspecified atom stereocenters. The van der Waals surface area contributed by atoms with E-state index in [2.05, 4.69) is 0 Å². The normalized spacial score (nSPS) is 12.8. The minimum Gasteiger partial charge on any atom is -0.495 e. The second-order valence-corrected chi connectivity index (χ2v) is 10.6. The molecule has 0 aliphatic heterocycles. The molecule has 1 amide bonds. The monoisotopic (exact) mass is 566 g/mol. The molecule has 2 N–H and O–H groups in total. The average Bonchev–Trinajstić information content (AvgIpc) is 2.86. The molecule has 0 radical (unpaired) electrons. The van der Waals surface area contributed by atoms with Crippen LogP contribution in [0.1, 0.15) is 40.2 Å². The number of nitrogens with zero attached hydrogens (tertiary/aromatic N) is 1. The molecule has 2 atom stereocenters. The van der Waals surface area contributed by atoms with Gasteiger partial charge >= 0.3 is 12.1 Å². The maximum absolute atomic E-state index is 13.2. The van der Waals surface area contributed by atoms with Crippen LogP contribution in [0.5, 0.6) is 17.2 Å². The number of nitrogens with two attached hydrogens (primary N) is 1. The molecule has 0 saturated heterocycles. The summed E-state index contributed by atoms with van der Waals surface area (Å²) < 4.78 is 51.3. The number of ether oxygens (including phenoxy) is 5. The first kappa shape index (κ1) is 31.7. The number of benzene rings is 2. The standard InChI is InChI=1S/C27H38N2O9S/c1-7-35-22-10-8-9-11-23(22)36-15-14-29(27(31)38-20(5)37-26(30)18(2)3)19(4)16-21-12-13-24(34-6)25(17-21)39(28,32)33/h8-13,17-20H,7,14-16H2,1-6H3,(H2,28,32,33)/t19-,20?/m1/s1. The zero-order chi connectivity index (χ0) is 29.2. The Morgan fingerprint density at radius 2 is 1.59 bits per heavy atom. The van der Waals surface area contributed by atoms with E-state index in [1.165, 1.54) is 31.1 Å². The maximum Gasteiger partial charge on any atom is 0.413 e. The van der Waals surface area contributed by atoms with E-state index in [0.29, 0.717) is 23.7 Å². The SMILES string of the molecule is CCOc1ccccc1OCCN(C(=O)OC(C)OC(=O)C(C)C)[C@H](C)Cc1ccc(OC)c(S(N)(=O)=O)c1.